The molecule has 7 heteroatoms. The Morgan fingerprint density at radius 1 is 1.56 bits per heavy atom. The Morgan fingerprint density at radius 3 is 3.06 bits per heavy atom. The van der Waals surface area contributed by atoms with Crippen molar-refractivity contribution >= 4 is 35.1 Å². The minimum absolute atomic E-state index is 0.0798. The van der Waals surface area contributed by atoms with Crippen molar-refractivity contribution in [2.24, 2.45) is 0 Å². The Hall–Kier alpha value is -0.850. The summed E-state index contributed by atoms with van der Waals surface area (Å²) in [6.45, 7) is 0.856. The Balaban J connectivity index is 1.93. The molecule has 1 atom stereocenters. The van der Waals surface area contributed by atoms with Crippen molar-refractivity contribution in [1.29, 1.82) is 0 Å². The molecule has 2 heterocycles. The molecule has 1 aromatic heterocycles. The fourth-order valence-electron chi connectivity index (χ4n) is 1.33. The molecule has 5 nitrogen and oxygen atoms in total. The van der Waals surface area contributed by atoms with Gasteiger partial charge in [-0.25, -0.2) is 0 Å². The third-order valence-corrected chi connectivity index (χ3v) is 3.38. The highest BCUT2D eigenvalue weighted by atomic mass is 35.5. The second kappa shape index (κ2) is 5.47. The predicted octanol–water partition coefficient (Wildman–Crippen LogP) is 0.773. The van der Waals surface area contributed by atoms with E-state index in [1.807, 2.05) is 0 Å². The van der Waals surface area contributed by atoms with Crippen LogP contribution in [0.1, 0.15) is 0 Å². The third kappa shape index (κ3) is 3.07. The zero-order valence-corrected chi connectivity index (χ0v) is 10.0. The molecule has 1 aromatic rings. The second-order valence-electron chi connectivity index (χ2n) is 3.31. The maximum absolute atomic E-state index is 11.8. The van der Waals surface area contributed by atoms with Gasteiger partial charge in [-0.3, -0.25) is 4.79 Å². The lowest BCUT2D eigenvalue weighted by atomic mass is 10.3. The number of nitrogens with zero attached hydrogens (tertiary/aromatic N) is 2. The minimum Gasteiger partial charge on any atom is -0.308 e. The molecule has 1 amide bonds. The standard InChI is InChI=1S/C9H11ClN4OS/c10-7-1-2-8(14-13-7)12-9(15)6-5-16-4-3-11-6/h1-2,6,11H,3-5H2,(H,12,14,15). The van der Waals surface area contributed by atoms with E-state index in [-0.39, 0.29) is 11.9 Å². The van der Waals surface area contributed by atoms with Crippen LogP contribution in [-0.4, -0.2) is 40.2 Å². The molecule has 1 aliphatic heterocycles. The van der Waals surface area contributed by atoms with Gasteiger partial charge in [-0.05, 0) is 12.1 Å². The van der Waals surface area contributed by atoms with Crippen LogP contribution in [0.5, 0.6) is 0 Å². The number of thioether (sulfide) groups is 1. The molecule has 16 heavy (non-hydrogen) atoms. The lowest BCUT2D eigenvalue weighted by Crippen LogP contribution is -2.46. The summed E-state index contributed by atoms with van der Waals surface area (Å²) in [5.41, 5.74) is 0. The Kier molecular flexibility index (Phi) is 3.98. The van der Waals surface area contributed by atoms with Gasteiger partial charge in [0.1, 0.15) is 0 Å². The average molecular weight is 259 g/mol. The normalized spacial score (nSPS) is 20.4. The Bertz CT molecular complexity index is 366. The van der Waals surface area contributed by atoms with E-state index < -0.39 is 0 Å². The molecule has 0 aliphatic carbocycles. The lowest BCUT2D eigenvalue weighted by molar-refractivity contribution is -0.117. The van der Waals surface area contributed by atoms with Crippen molar-refractivity contribution < 1.29 is 4.79 Å². The first-order valence-electron chi connectivity index (χ1n) is 4.87. The molecule has 0 spiro atoms. The van der Waals surface area contributed by atoms with Crippen molar-refractivity contribution in [2.45, 2.75) is 6.04 Å². The van der Waals surface area contributed by atoms with Crippen LogP contribution in [0.3, 0.4) is 0 Å². The van der Waals surface area contributed by atoms with Crippen molar-refractivity contribution in [2.75, 3.05) is 23.4 Å². The molecule has 1 aliphatic rings. The van der Waals surface area contributed by atoms with Gasteiger partial charge < -0.3 is 10.6 Å². The average Bonchev–Trinajstić information content (AvgIpc) is 2.33. The highest BCUT2D eigenvalue weighted by Gasteiger charge is 2.21. The van der Waals surface area contributed by atoms with Crippen LogP contribution in [0.4, 0.5) is 5.82 Å². The number of amides is 1. The first kappa shape index (κ1) is 11.6. The van der Waals surface area contributed by atoms with Gasteiger partial charge in [-0.2, -0.15) is 11.8 Å². The smallest absolute Gasteiger partial charge is 0.243 e. The van der Waals surface area contributed by atoms with Crippen molar-refractivity contribution in [3.8, 4) is 0 Å². The van der Waals surface area contributed by atoms with Gasteiger partial charge in [0.25, 0.3) is 0 Å². The highest BCUT2D eigenvalue weighted by molar-refractivity contribution is 7.99. The van der Waals surface area contributed by atoms with E-state index in [2.05, 4.69) is 20.8 Å². The number of carbonyl (C=O) groups excluding carboxylic acids is 1. The summed E-state index contributed by atoms with van der Waals surface area (Å²) < 4.78 is 0. The number of aromatic nitrogens is 2. The fraction of sp³-hybridized carbons (Fsp3) is 0.444. The van der Waals surface area contributed by atoms with Gasteiger partial charge in [-0.1, -0.05) is 11.6 Å². The van der Waals surface area contributed by atoms with Gasteiger partial charge in [0.15, 0.2) is 11.0 Å². The van der Waals surface area contributed by atoms with E-state index in [4.69, 9.17) is 11.6 Å². The lowest BCUT2D eigenvalue weighted by Gasteiger charge is -2.21. The number of hydrogen-bond acceptors (Lipinski definition) is 5. The summed E-state index contributed by atoms with van der Waals surface area (Å²) >= 11 is 7.36. The molecule has 1 saturated heterocycles. The second-order valence-corrected chi connectivity index (χ2v) is 4.85. The van der Waals surface area contributed by atoms with Crippen molar-refractivity contribution in [1.82, 2.24) is 15.5 Å². The minimum atomic E-state index is -0.156. The van der Waals surface area contributed by atoms with Crippen LogP contribution in [0.15, 0.2) is 12.1 Å². The number of carbonyl (C=O) groups is 1. The Morgan fingerprint density at radius 2 is 2.44 bits per heavy atom. The first-order chi connectivity index (χ1) is 7.75. The SMILES string of the molecule is O=C(Nc1ccc(Cl)nn1)C1CSCCN1. The molecule has 2 N–H and O–H groups in total. The molecule has 0 bridgehead atoms. The van der Waals surface area contributed by atoms with Crippen LogP contribution in [0, 0.1) is 0 Å². The van der Waals surface area contributed by atoms with E-state index in [9.17, 15) is 4.79 Å². The number of anilines is 1. The van der Waals surface area contributed by atoms with E-state index in [0.717, 1.165) is 18.1 Å². The van der Waals surface area contributed by atoms with Crippen LogP contribution in [0.2, 0.25) is 5.15 Å². The zero-order chi connectivity index (χ0) is 11.4. The summed E-state index contributed by atoms with van der Waals surface area (Å²) in [4.78, 5) is 11.8. The van der Waals surface area contributed by atoms with Crippen LogP contribution in [-0.2, 0) is 4.79 Å². The fourth-order valence-corrected chi connectivity index (χ4v) is 2.36. The molecular weight excluding hydrogens is 248 g/mol. The van der Waals surface area contributed by atoms with E-state index in [0.29, 0.717) is 11.0 Å². The summed E-state index contributed by atoms with van der Waals surface area (Å²) in [6.07, 6.45) is 0. The maximum Gasteiger partial charge on any atom is 0.243 e. The monoisotopic (exact) mass is 258 g/mol. The summed E-state index contributed by atoms with van der Waals surface area (Å²) in [5, 5.41) is 13.6. The zero-order valence-electron chi connectivity index (χ0n) is 8.44. The van der Waals surface area contributed by atoms with Gasteiger partial charge in [0, 0.05) is 18.1 Å². The molecule has 0 saturated carbocycles. The summed E-state index contributed by atoms with van der Waals surface area (Å²) in [5.74, 6) is 2.17. The molecule has 2 rings (SSSR count). The Labute approximate surface area is 102 Å². The summed E-state index contributed by atoms with van der Waals surface area (Å²) in [6, 6.07) is 3.06. The number of hydrogen-bond donors (Lipinski definition) is 2. The largest absolute Gasteiger partial charge is 0.308 e. The molecule has 0 radical (unpaired) electrons. The molecule has 0 aromatic carbocycles. The van der Waals surface area contributed by atoms with Gasteiger partial charge in [-0.15, -0.1) is 10.2 Å². The van der Waals surface area contributed by atoms with E-state index >= 15 is 0 Å². The van der Waals surface area contributed by atoms with Crippen molar-refractivity contribution in [3.05, 3.63) is 17.3 Å². The highest BCUT2D eigenvalue weighted by Crippen LogP contribution is 2.10. The van der Waals surface area contributed by atoms with Gasteiger partial charge in [0.05, 0.1) is 6.04 Å². The number of nitrogens with one attached hydrogen (secondary N) is 2. The van der Waals surface area contributed by atoms with E-state index in [1.165, 1.54) is 0 Å². The van der Waals surface area contributed by atoms with Crippen molar-refractivity contribution in [3.63, 3.8) is 0 Å². The van der Waals surface area contributed by atoms with Crippen LogP contribution in [0.25, 0.3) is 0 Å². The molecule has 1 unspecified atom stereocenters. The van der Waals surface area contributed by atoms with E-state index in [1.54, 1.807) is 23.9 Å². The van der Waals surface area contributed by atoms with Crippen LogP contribution < -0.4 is 10.6 Å². The maximum atomic E-state index is 11.8. The third-order valence-electron chi connectivity index (χ3n) is 2.12. The topological polar surface area (TPSA) is 66.9 Å². The van der Waals surface area contributed by atoms with Crippen LogP contribution >= 0.6 is 23.4 Å². The number of rotatable bonds is 2. The predicted molar refractivity (Wildman–Crippen MR) is 64.8 cm³/mol. The number of halogens is 1. The molecule has 1 fully saturated rings. The quantitative estimate of drug-likeness (QED) is 0.820. The summed E-state index contributed by atoms with van der Waals surface area (Å²) in [7, 11) is 0. The molecule has 86 valence electrons. The van der Waals surface area contributed by atoms with Gasteiger partial charge >= 0.3 is 0 Å². The van der Waals surface area contributed by atoms with Gasteiger partial charge in [0.2, 0.25) is 5.91 Å². The first-order valence-corrected chi connectivity index (χ1v) is 6.40. The molecular formula is C9H11ClN4OS.